The number of hydrogen-bond acceptors (Lipinski definition) is 2. The van der Waals surface area contributed by atoms with E-state index < -0.39 is 0 Å². The van der Waals surface area contributed by atoms with Gasteiger partial charge >= 0.3 is 7.01 Å². The van der Waals surface area contributed by atoms with Gasteiger partial charge in [0, 0.05) is 0 Å². The molecule has 2 nitrogen and oxygen atoms in total. The maximum absolute atomic E-state index is 5.82. The van der Waals surface area contributed by atoms with Crippen molar-refractivity contribution in [1.29, 1.82) is 0 Å². The molecule has 1 heterocycles. The van der Waals surface area contributed by atoms with Gasteiger partial charge < -0.3 is 9.31 Å². The lowest BCUT2D eigenvalue weighted by atomic mass is 9.26. The summed E-state index contributed by atoms with van der Waals surface area (Å²) in [7, 11) is -0.150. The minimum absolute atomic E-state index is 0.150. The molecule has 4 heteroatoms. The second kappa shape index (κ2) is 3.18. The molecule has 0 aromatic rings. The molecule has 1 rings (SSSR count). The molecule has 1 aliphatic rings. The number of hydrogen-bond donors (Lipinski definition) is 0. The predicted molar refractivity (Wildman–Crippen MR) is 57.9 cm³/mol. The Kier molecular flexibility index (Phi) is 2.65. The fourth-order valence-corrected chi connectivity index (χ4v) is 1.21. The summed E-state index contributed by atoms with van der Waals surface area (Å²) in [4.78, 5) is 0. The third kappa shape index (κ3) is 1.84. The molecule has 0 bridgehead atoms. The van der Waals surface area contributed by atoms with Crippen molar-refractivity contribution in [3.8, 4) is 0 Å². The van der Waals surface area contributed by atoms with Gasteiger partial charge in [-0.2, -0.15) is 0 Å². The van der Waals surface area contributed by atoms with Gasteiger partial charge in [-0.05, 0) is 27.7 Å². The third-order valence-electron chi connectivity index (χ3n) is 3.07. The molecular formula is C9H18B2O2. The maximum atomic E-state index is 5.82. The van der Waals surface area contributed by atoms with Crippen LogP contribution in [0.2, 0.25) is 6.82 Å². The van der Waals surface area contributed by atoms with Crippen molar-refractivity contribution in [2.75, 3.05) is 0 Å². The lowest BCUT2D eigenvalue weighted by molar-refractivity contribution is 0.00578. The van der Waals surface area contributed by atoms with E-state index in [0.29, 0.717) is 0 Å². The zero-order valence-corrected chi connectivity index (χ0v) is 9.26. The van der Waals surface area contributed by atoms with E-state index in [1.54, 1.807) is 0 Å². The van der Waals surface area contributed by atoms with Crippen molar-refractivity contribution in [3.63, 3.8) is 0 Å². The van der Waals surface area contributed by atoms with Gasteiger partial charge in [-0.15, -0.1) is 12.6 Å². The van der Waals surface area contributed by atoms with Crippen LogP contribution in [0.15, 0.2) is 12.6 Å². The smallest absolute Gasteiger partial charge is 0.409 e. The first-order chi connectivity index (χ1) is 5.80. The maximum Gasteiger partial charge on any atom is 0.412 e. The molecule has 72 valence electrons. The van der Waals surface area contributed by atoms with Crippen LogP contribution in [-0.4, -0.2) is 24.8 Å². The summed E-state index contributed by atoms with van der Waals surface area (Å²) < 4.78 is 11.6. The average molecular weight is 180 g/mol. The Bertz CT molecular complexity index is 198. The molecular weight excluding hydrogens is 162 g/mol. The van der Waals surface area contributed by atoms with Gasteiger partial charge in [-0.1, -0.05) is 6.82 Å². The highest BCUT2D eigenvalue weighted by Crippen LogP contribution is 2.37. The second-order valence-corrected chi connectivity index (χ2v) is 4.72. The Labute approximate surface area is 81.9 Å². The predicted octanol–water partition coefficient (Wildman–Crippen LogP) is 2.01. The molecule has 1 fully saturated rings. The SMILES string of the molecule is C=CB(C)B1OC(C)(C)C(C)(C)O1. The highest BCUT2D eigenvalue weighted by atomic mass is 16.7. The second-order valence-electron chi connectivity index (χ2n) is 4.72. The minimum Gasteiger partial charge on any atom is -0.409 e. The Morgan fingerprint density at radius 2 is 1.54 bits per heavy atom. The molecule has 0 unspecified atom stereocenters. The van der Waals surface area contributed by atoms with Crippen LogP contribution in [-0.2, 0) is 9.31 Å². The van der Waals surface area contributed by atoms with Crippen LogP contribution in [0.3, 0.4) is 0 Å². The summed E-state index contributed by atoms with van der Waals surface area (Å²) >= 11 is 0. The van der Waals surface area contributed by atoms with Gasteiger partial charge in [0.2, 0.25) is 6.60 Å². The van der Waals surface area contributed by atoms with Crippen molar-refractivity contribution < 1.29 is 9.31 Å². The summed E-state index contributed by atoms with van der Waals surface area (Å²) in [6, 6.07) is 0. The van der Waals surface area contributed by atoms with Gasteiger partial charge in [0.05, 0.1) is 11.2 Å². The first-order valence-corrected chi connectivity index (χ1v) is 4.78. The molecule has 13 heavy (non-hydrogen) atoms. The van der Waals surface area contributed by atoms with Gasteiger partial charge in [0.15, 0.2) is 0 Å². The standard InChI is InChI=1S/C9H18B2O2/c1-7-10(6)11-12-8(2,3)9(4,5)13-11/h7H,1H2,2-6H3. The fourth-order valence-electron chi connectivity index (χ4n) is 1.21. The first kappa shape index (κ1) is 10.9. The van der Waals surface area contributed by atoms with E-state index in [1.807, 2.05) is 5.98 Å². The van der Waals surface area contributed by atoms with Crippen LogP contribution >= 0.6 is 0 Å². The van der Waals surface area contributed by atoms with Gasteiger partial charge in [0.1, 0.15) is 0 Å². The van der Waals surface area contributed by atoms with Crippen molar-refractivity contribution in [2.24, 2.45) is 0 Å². The largest absolute Gasteiger partial charge is 0.412 e. The normalized spacial score (nSPS) is 24.5. The lowest BCUT2D eigenvalue weighted by Crippen LogP contribution is -2.41. The molecule has 1 aliphatic heterocycles. The van der Waals surface area contributed by atoms with E-state index in [-0.39, 0.29) is 24.8 Å². The Morgan fingerprint density at radius 1 is 1.15 bits per heavy atom. The van der Waals surface area contributed by atoms with Crippen LogP contribution in [0.5, 0.6) is 0 Å². The van der Waals surface area contributed by atoms with Crippen molar-refractivity contribution in [3.05, 3.63) is 12.6 Å². The highest BCUT2D eigenvalue weighted by Gasteiger charge is 2.52. The summed E-state index contributed by atoms with van der Waals surface area (Å²) in [6.45, 7) is 14.3. The van der Waals surface area contributed by atoms with Gasteiger partial charge in [-0.3, -0.25) is 0 Å². The topological polar surface area (TPSA) is 18.5 Å². The average Bonchev–Trinajstić information content (AvgIpc) is 2.20. The Hall–Kier alpha value is -0.210. The molecule has 0 aromatic heterocycles. The molecule has 0 amide bonds. The van der Waals surface area contributed by atoms with Crippen LogP contribution in [0.25, 0.3) is 0 Å². The van der Waals surface area contributed by atoms with Crippen molar-refractivity contribution in [2.45, 2.75) is 45.7 Å². The first-order valence-electron chi connectivity index (χ1n) is 4.78. The summed E-state index contributed by atoms with van der Waals surface area (Å²) in [5.41, 5.74) is -0.454. The van der Waals surface area contributed by atoms with Crippen LogP contribution < -0.4 is 0 Å². The fraction of sp³-hybridized carbons (Fsp3) is 0.778. The quantitative estimate of drug-likeness (QED) is 0.605. The van der Waals surface area contributed by atoms with E-state index in [2.05, 4.69) is 41.1 Å². The van der Waals surface area contributed by atoms with E-state index >= 15 is 0 Å². The van der Waals surface area contributed by atoms with Crippen LogP contribution in [0.1, 0.15) is 27.7 Å². The highest BCUT2D eigenvalue weighted by molar-refractivity contribution is 7.18. The third-order valence-corrected chi connectivity index (χ3v) is 3.07. The molecule has 0 spiro atoms. The molecule has 0 saturated carbocycles. The van der Waals surface area contributed by atoms with E-state index in [1.165, 1.54) is 0 Å². The van der Waals surface area contributed by atoms with E-state index in [4.69, 9.17) is 9.31 Å². The molecule has 0 N–H and O–H groups in total. The monoisotopic (exact) mass is 180 g/mol. The number of rotatable bonds is 2. The summed E-state index contributed by atoms with van der Waals surface area (Å²) in [5, 5.41) is 0. The van der Waals surface area contributed by atoms with Gasteiger partial charge in [0.25, 0.3) is 0 Å². The molecule has 0 radical (unpaired) electrons. The molecule has 1 saturated heterocycles. The van der Waals surface area contributed by atoms with Crippen LogP contribution in [0, 0.1) is 0 Å². The molecule has 0 aliphatic carbocycles. The molecule has 0 atom stereocenters. The van der Waals surface area contributed by atoms with Gasteiger partial charge in [-0.25, -0.2) is 0 Å². The van der Waals surface area contributed by atoms with E-state index in [0.717, 1.165) is 0 Å². The zero-order valence-electron chi connectivity index (χ0n) is 9.26. The van der Waals surface area contributed by atoms with E-state index in [9.17, 15) is 0 Å². The van der Waals surface area contributed by atoms with Crippen molar-refractivity contribution >= 4 is 13.6 Å². The Morgan fingerprint density at radius 3 is 1.85 bits per heavy atom. The van der Waals surface area contributed by atoms with Crippen LogP contribution in [0.4, 0.5) is 0 Å². The minimum atomic E-state index is -0.227. The lowest BCUT2D eigenvalue weighted by Gasteiger charge is -2.32. The summed E-state index contributed by atoms with van der Waals surface area (Å²) in [5.74, 6) is 1.86. The zero-order chi connectivity index (χ0) is 10.3. The van der Waals surface area contributed by atoms with Crippen molar-refractivity contribution in [1.82, 2.24) is 0 Å². The summed E-state index contributed by atoms with van der Waals surface area (Å²) in [6.07, 6.45) is 0. The Balaban J connectivity index is 2.76. The molecule has 0 aromatic carbocycles.